The van der Waals surface area contributed by atoms with Gasteiger partial charge in [0.1, 0.15) is 0 Å². The first-order chi connectivity index (χ1) is 7.63. The van der Waals surface area contributed by atoms with Crippen LogP contribution in [0.5, 0.6) is 0 Å². The van der Waals surface area contributed by atoms with Crippen LogP contribution in [0.3, 0.4) is 0 Å². The Bertz CT molecular complexity index is 369. The van der Waals surface area contributed by atoms with Gasteiger partial charge in [-0.3, -0.25) is 4.79 Å². The second-order valence-electron chi connectivity index (χ2n) is 3.31. The zero-order valence-electron chi connectivity index (χ0n) is 9.02. The van der Waals surface area contributed by atoms with Crippen LogP contribution in [-0.2, 0) is 11.3 Å². The molecule has 0 heterocycles. The van der Waals surface area contributed by atoms with E-state index in [0.29, 0.717) is 19.6 Å². The van der Waals surface area contributed by atoms with E-state index in [1.54, 1.807) is 0 Å². The van der Waals surface area contributed by atoms with E-state index in [-0.39, 0.29) is 5.91 Å². The van der Waals surface area contributed by atoms with Gasteiger partial charge in [0, 0.05) is 22.0 Å². The minimum Gasteiger partial charge on any atom is -0.355 e. The number of carbonyl (C=O) groups is 1. The van der Waals surface area contributed by atoms with Crippen molar-refractivity contribution in [2.45, 2.75) is 13.5 Å². The average molecular weight is 350 g/mol. The van der Waals surface area contributed by atoms with E-state index in [2.05, 4.69) is 42.5 Å². The van der Waals surface area contributed by atoms with E-state index >= 15 is 0 Å². The van der Waals surface area contributed by atoms with Crippen molar-refractivity contribution in [2.75, 3.05) is 13.1 Å². The molecule has 0 spiro atoms. The number of rotatable bonds is 5. The van der Waals surface area contributed by atoms with Gasteiger partial charge in [-0.2, -0.15) is 0 Å². The maximum Gasteiger partial charge on any atom is 0.233 e. The van der Waals surface area contributed by atoms with Crippen molar-refractivity contribution in [1.82, 2.24) is 10.6 Å². The van der Waals surface area contributed by atoms with Crippen LogP contribution < -0.4 is 10.6 Å². The normalized spacial score (nSPS) is 10.2. The van der Waals surface area contributed by atoms with E-state index in [9.17, 15) is 4.79 Å². The van der Waals surface area contributed by atoms with Crippen LogP contribution in [0.15, 0.2) is 27.1 Å². The zero-order valence-corrected chi connectivity index (χ0v) is 12.2. The molecule has 0 saturated carbocycles. The molecule has 0 bridgehead atoms. The topological polar surface area (TPSA) is 41.1 Å². The molecular formula is C11H14Br2N2O. The highest BCUT2D eigenvalue weighted by Gasteiger charge is 2.00. The second-order valence-corrected chi connectivity index (χ2v) is 5.01. The number of benzene rings is 1. The smallest absolute Gasteiger partial charge is 0.233 e. The van der Waals surface area contributed by atoms with Crippen LogP contribution in [0, 0.1) is 0 Å². The van der Waals surface area contributed by atoms with Crippen LogP contribution in [0.2, 0.25) is 0 Å². The van der Waals surface area contributed by atoms with E-state index < -0.39 is 0 Å². The average Bonchev–Trinajstić information content (AvgIpc) is 2.24. The van der Waals surface area contributed by atoms with Crippen LogP contribution in [0.1, 0.15) is 12.5 Å². The Morgan fingerprint density at radius 3 is 2.69 bits per heavy atom. The molecule has 0 atom stereocenters. The Balaban J connectivity index is 2.37. The third kappa shape index (κ3) is 4.63. The van der Waals surface area contributed by atoms with Crippen molar-refractivity contribution in [3.63, 3.8) is 0 Å². The Hall–Kier alpha value is -0.390. The molecule has 0 radical (unpaired) electrons. The van der Waals surface area contributed by atoms with Crippen molar-refractivity contribution >= 4 is 37.8 Å². The molecule has 0 aliphatic heterocycles. The van der Waals surface area contributed by atoms with E-state index in [1.807, 2.05) is 25.1 Å². The number of hydrogen-bond donors (Lipinski definition) is 2. The SMILES string of the molecule is CCNC(=O)CNCc1ccc(Br)c(Br)c1. The maximum atomic E-state index is 11.2. The number of nitrogens with one attached hydrogen (secondary N) is 2. The first-order valence-corrected chi connectivity index (χ1v) is 6.63. The highest BCUT2D eigenvalue weighted by atomic mass is 79.9. The Morgan fingerprint density at radius 2 is 2.06 bits per heavy atom. The van der Waals surface area contributed by atoms with Crippen molar-refractivity contribution in [1.29, 1.82) is 0 Å². The van der Waals surface area contributed by atoms with Crippen LogP contribution in [0.4, 0.5) is 0 Å². The summed E-state index contributed by atoms with van der Waals surface area (Å²) in [5.74, 6) is 0.0266. The summed E-state index contributed by atoms with van der Waals surface area (Å²) in [6.07, 6.45) is 0. The number of amides is 1. The molecule has 0 saturated heterocycles. The van der Waals surface area contributed by atoms with E-state index in [0.717, 1.165) is 14.5 Å². The predicted molar refractivity (Wildman–Crippen MR) is 72.2 cm³/mol. The number of likely N-dealkylation sites (N-methyl/N-ethyl adjacent to an activating group) is 1. The molecule has 1 aromatic carbocycles. The monoisotopic (exact) mass is 348 g/mol. The van der Waals surface area contributed by atoms with Gasteiger partial charge in [0.2, 0.25) is 5.91 Å². The van der Waals surface area contributed by atoms with Gasteiger partial charge < -0.3 is 10.6 Å². The lowest BCUT2D eigenvalue weighted by Gasteiger charge is -2.06. The van der Waals surface area contributed by atoms with Gasteiger partial charge in [-0.15, -0.1) is 0 Å². The number of carbonyl (C=O) groups excluding carboxylic acids is 1. The quantitative estimate of drug-likeness (QED) is 0.857. The summed E-state index contributed by atoms with van der Waals surface area (Å²) in [5, 5.41) is 5.82. The Labute approximate surface area is 112 Å². The molecule has 5 heteroatoms. The van der Waals surface area contributed by atoms with E-state index in [1.165, 1.54) is 0 Å². The van der Waals surface area contributed by atoms with Crippen molar-refractivity contribution in [2.24, 2.45) is 0 Å². The van der Waals surface area contributed by atoms with Crippen molar-refractivity contribution in [3.05, 3.63) is 32.7 Å². The maximum absolute atomic E-state index is 11.2. The molecule has 0 aliphatic carbocycles. The van der Waals surface area contributed by atoms with Crippen LogP contribution >= 0.6 is 31.9 Å². The fourth-order valence-corrected chi connectivity index (χ4v) is 1.90. The zero-order chi connectivity index (χ0) is 12.0. The molecule has 1 amide bonds. The standard InChI is InChI=1S/C11H14Br2N2O/c1-2-15-11(16)7-14-6-8-3-4-9(12)10(13)5-8/h3-5,14H,2,6-7H2,1H3,(H,15,16). The minimum atomic E-state index is 0.0266. The van der Waals surface area contributed by atoms with Gasteiger partial charge in [0.15, 0.2) is 0 Å². The predicted octanol–water partition coefficient (Wildman–Crippen LogP) is 2.44. The molecule has 88 valence electrons. The fourth-order valence-electron chi connectivity index (χ4n) is 1.23. The van der Waals surface area contributed by atoms with Crippen molar-refractivity contribution < 1.29 is 4.79 Å². The second kappa shape index (κ2) is 7.04. The molecule has 0 fully saturated rings. The van der Waals surface area contributed by atoms with Crippen molar-refractivity contribution in [3.8, 4) is 0 Å². The van der Waals surface area contributed by atoms with Gasteiger partial charge in [-0.25, -0.2) is 0 Å². The Morgan fingerprint density at radius 1 is 1.31 bits per heavy atom. The first-order valence-electron chi connectivity index (χ1n) is 5.04. The third-order valence-corrected chi connectivity index (χ3v) is 3.85. The molecule has 0 aliphatic rings. The number of hydrogen-bond acceptors (Lipinski definition) is 2. The van der Waals surface area contributed by atoms with Gasteiger partial charge in [0.25, 0.3) is 0 Å². The van der Waals surface area contributed by atoms with Crippen LogP contribution in [0.25, 0.3) is 0 Å². The lowest BCUT2D eigenvalue weighted by Crippen LogP contribution is -2.33. The van der Waals surface area contributed by atoms with E-state index in [4.69, 9.17) is 0 Å². The molecule has 0 aromatic heterocycles. The minimum absolute atomic E-state index is 0.0266. The molecule has 1 aromatic rings. The largest absolute Gasteiger partial charge is 0.355 e. The lowest BCUT2D eigenvalue weighted by atomic mass is 10.2. The molecule has 16 heavy (non-hydrogen) atoms. The molecular weight excluding hydrogens is 336 g/mol. The summed E-state index contributed by atoms with van der Waals surface area (Å²) < 4.78 is 2.05. The van der Waals surface area contributed by atoms with Gasteiger partial charge in [-0.05, 0) is 56.5 Å². The Kier molecular flexibility index (Phi) is 6.01. The van der Waals surface area contributed by atoms with Gasteiger partial charge in [-0.1, -0.05) is 6.07 Å². The summed E-state index contributed by atoms with van der Waals surface area (Å²) >= 11 is 6.85. The molecule has 2 N–H and O–H groups in total. The third-order valence-electron chi connectivity index (χ3n) is 1.97. The first kappa shape index (κ1) is 13.7. The van der Waals surface area contributed by atoms with Gasteiger partial charge >= 0.3 is 0 Å². The molecule has 3 nitrogen and oxygen atoms in total. The fraction of sp³-hybridized carbons (Fsp3) is 0.364. The number of halogens is 2. The lowest BCUT2D eigenvalue weighted by molar-refractivity contribution is -0.120. The summed E-state index contributed by atoms with van der Waals surface area (Å²) in [7, 11) is 0. The summed E-state index contributed by atoms with van der Waals surface area (Å²) in [5.41, 5.74) is 1.14. The summed E-state index contributed by atoms with van der Waals surface area (Å²) in [6.45, 7) is 3.61. The molecule has 0 unspecified atom stereocenters. The highest BCUT2D eigenvalue weighted by molar-refractivity contribution is 9.13. The summed E-state index contributed by atoms with van der Waals surface area (Å²) in [6, 6.07) is 6.02. The molecule has 1 rings (SSSR count). The van der Waals surface area contributed by atoms with Crippen LogP contribution in [-0.4, -0.2) is 19.0 Å². The summed E-state index contributed by atoms with van der Waals surface area (Å²) in [4.78, 5) is 11.2. The highest BCUT2D eigenvalue weighted by Crippen LogP contribution is 2.23. The van der Waals surface area contributed by atoms with Gasteiger partial charge in [0.05, 0.1) is 6.54 Å².